The van der Waals surface area contributed by atoms with E-state index >= 15 is 0 Å². The molecule has 1 aromatic carbocycles. The molecule has 0 unspecified atom stereocenters. The molecule has 0 saturated heterocycles. The molecule has 112 valence electrons. The van der Waals surface area contributed by atoms with Crippen molar-refractivity contribution < 1.29 is 42.5 Å². The Kier molecular flexibility index (Phi) is 6.59. The van der Waals surface area contributed by atoms with Gasteiger partial charge in [-0.25, -0.2) is 13.4 Å². The topological polar surface area (TPSA) is 92.1 Å². The molecule has 0 amide bonds. The van der Waals surface area contributed by atoms with Crippen molar-refractivity contribution in [2.45, 2.75) is 18.7 Å². The van der Waals surface area contributed by atoms with Gasteiger partial charge in [-0.1, -0.05) is 15.9 Å². The van der Waals surface area contributed by atoms with Crippen molar-refractivity contribution in [3.8, 4) is 5.69 Å². The van der Waals surface area contributed by atoms with Gasteiger partial charge in [0.15, 0.2) is 0 Å². The molecule has 0 aliphatic rings. The van der Waals surface area contributed by atoms with Gasteiger partial charge >= 0.3 is 29.6 Å². The maximum absolute atomic E-state index is 12.4. The molecule has 6 nitrogen and oxygen atoms in total. The molecule has 0 radical (unpaired) electrons. The van der Waals surface area contributed by atoms with Gasteiger partial charge in [0.2, 0.25) is 0 Å². The predicted molar refractivity (Wildman–Crippen MR) is 82.7 cm³/mol. The van der Waals surface area contributed by atoms with E-state index in [9.17, 15) is 17.8 Å². The molecule has 0 N–H and O–H groups in total. The van der Waals surface area contributed by atoms with Crippen LogP contribution in [0.15, 0.2) is 36.8 Å². The van der Waals surface area contributed by atoms with Gasteiger partial charge in [0.25, 0.3) is 5.56 Å². The Hall–Kier alpha value is -0.0300. The van der Waals surface area contributed by atoms with Gasteiger partial charge in [0.1, 0.15) is 20.8 Å². The van der Waals surface area contributed by atoms with Crippen molar-refractivity contribution in [2.75, 3.05) is 0 Å². The van der Waals surface area contributed by atoms with E-state index in [1.54, 1.807) is 25.1 Å². The summed E-state index contributed by atoms with van der Waals surface area (Å²) in [5, 5.41) is 0. The second-order valence-corrected chi connectivity index (χ2v) is 7.35. The minimum Gasteiger partial charge on any atom is -0.744 e. The van der Waals surface area contributed by atoms with E-state index in [0.29, 0.717) is 10.2 Å². The van der Waals surface area contributed by atoms with Crippen LogP contribution in [-0.2, 0) is 10.1 Å². The van der Waals surface area contributed by atoms with Crippen LogP contribution in [0.4, 0.5) is 0 Å². The zero-order chi connectivity index (χ0) is 15.9. The molecule has 0 aliphatic carbocycles. The average molecular weight is 460 g/mol. The number of rotatable bonds is 2. The number of aryl methyl sites for hydroxylation is 2. The Labute approximate surface area is 166 Å². The van der Waals surface area contributed by atoms with E-state index in [1.807, 2.05) is 0 Å². The van der Waals surface area contributed by atoms with Crippen LogP contribution in [0, 0.1) is 13.8 Å². The van der Waals surface area contributed by atoms with E-state index in [0.717, 1.165) is 9.04 Å². The van der Waals surface area contributed by atoms with Crippen LogP contribution in [0.5, 0.6) is 0 Å². The summed E-state index contributed by atoms with van der Waals surface area (Å²) >= 11 is 6.59. The van der Waals surface area contributed by atoms with Crippen LogP contribution in [0.3, 0.4) is 0 Å². The smallest absolute Gasteiger partial charge is 0.744 e. The van der Waals surface area contributed by atoms with Gasteiger partial charge in [-0.05, 0) is 48.0 Å². The SMILES string of the molecule is Cc1nc(C)n(-c2ccc(Br)cc2Br)c(=O)c1S(=O)(=O)[O-].[Na+]. The number of benzene rings is 1. The van der Waals surface area contributed by atoms with Crippen LogP contribution in [0.25, 0.3) is 5.69 Å². The Balaban J connectivity index is 0.00000242. The number of nitrogens with zero attached hydrogens (tertiary/aromatic N) is 2. The molecule has 2 rings (SSSR count). The maximum atomic E-state index is 12.4. The number of halogens is 2. The Bertz CT molecular complexity index is 897. The van der Waals surface area contributed by atoms with Crippen LogP contribution in [0.1, 0.15) is 11.5 Å². The van der Waals surface area contributed by atoms with Crippen molar-refractivity contribution in [2.24, 2.45) is 0 Å². The fraction of sp³-hybridized carbons (Fsp3) is 0.167. The van der Waals surface area contributed by atoms with Gasteiger partial charge in [0, 0.05) is 8.95 Å². The zero-order valence-corrected chi connectivity index (χ0v) is 17.9. The fourth-order valence-electron chi connectivity index (χ4n) is 1.98. The van der Waals surface area contributed by atoms with Gasteiger partial charge in [-0.2, -0.15) is 0 Å². The van der Waals surface area contributed by atoms with Gasteiger partial charge in [-0.3, -0.25) is 9.36 Å². The monoisotopic (exact) mass is 458 g/mol. The zero-order valence-electron chi connectivity index (χ0n) is 11.9. The number of aromatic nitrogens is 2. The molecule has 2 aromatic rings. The van der Waals surface area contributed by atoms with E-state index in [1.165, 1.54) is 6.92 Å². The van der Waals surface area contributed by atoms with E-state index in [4.69, 9.17) is 0 Å². The summed E-state index contributed by atoms with van der Waals surface area (Å²) in [6.45, 7) is 2.88. The van der Waals surface area contributed by atoms with Crippen molar-refractivity contribution in [3.05, 3.63) is 49.0 Å². The molecule has 0 aliphatic heterocycles. The first-order chi connectivity index (χ1) is 9.62. The minimum absolute atomic E-state index is 0. The van der Waals surface area contributed by atoms with E-state index in [2.05, 4.69) is 36.8 Å². The minimum atomic E-state index is -4.90. The summed E-state index contributed by atoms with van der Waals surface area (Å²) in [5.74, 6) is 0.285. The van der Waals surface area contributed by atoms with Gasteiger partial charge < -0.3 is 4.55 Å². The normalized spacial score (nSPS) is 11.1. The van der Waals surface area contributed by atoms with Gasteiger partial charge in [-0.15, -0.1) is 0 Å². The van der Waals surface area contributed by atoms with Crippen LogP contribution >= 0.6 is 31.9 Å². The first-order valence-corrected chi connectivity index (χ1v) is 8.64. The van der Waals surface area contributed by atoms with Crippen molar-refractivity contribution in [3.63, 3.8) is 0 Å². The summed E-state index contributed by atoms with van der Waals surface area (Å²) in [6, 6.07) is 5.00. The number of hydrogen-bond acceptors (Lipinski definition) is 5. The predicted octanol–water partition coefficient (Wildman–Crippen LogP) is -0.718. The molecule has 0 saturated carbocycles. The third kappa shape index (κ3) is 3.89. The molecule has 1 heterocycles. The summed E-state index contributed by atoms with van der Waals surface area (Å²) in [6.07, 6.45) is 0. The first kappa shape index (κ1) is 20.0. The third-order valence-corrected chi connectivity index (χ3v) is 4.88. The van der Waals surface area contributed by atoms with Crippen molar-refractivity contribution >= 4 is 42.0 Å². The average Bonchev–Trinajstić information content (AvgIpc) is 2.29. The molecular formula is C12H9Br2N2NaO4S. The van der Waals surface area contributed by atoms with Crippen molar-refractivity contribution in [1.82, 2.24) is 9.55 Å². The summed E-state index contributed by atoms with van der Waals surface area (Å²) in [4.78, 5) is 15.6. The largest absolute Gasteiger partial charge is 1.00 e. The number of hydrogen-bond donors (Lipinski definition) is 0. The molecule has 0 spiro atoms. The Morgan fingerprint density at radius 2 is 1.82 bits per heavy atom. The second-order valence-electron chi connectivity index (χ2n) is 4.26. The molecule has 1 aromatic heterocycles. The molecule has 0 atom stereocenters. The van der Waals surface area contributed by atoms with Gasteiger partial charge in [0.05, 0.1) is 11.4 Å². The van der Waals surface area contributed by atoms with Crippen LogP contribution in [-0.4, -0.2) is 22.5 Å². The standard InChI is InChI=1S/C12H10Br2N2O4S.Na/c1-6-11(21(18,19)20)12(17)16(7(2)15-6)10-4-3-8(13)5-9(10)14;/h3-5H,1-2H3,(H,18,19,20);/q;+1/p-1. The molecule has 0 bridgehead atoms. The first-order valence-electron chi connectivity index (χ1n) is 5.64. The maximum Gasteiger partial charge on any atom is 1.00 e. The summed E-state index contributed by atoms with van der Waals surface area (Å²) in [7, 11) is -4.90. The molecule has 22 heavy (non-hydrogen) atoms. The van der Waals surface area contributed by atoms with Crippen LogP contribution in [0.2, 0.25) is 0 Å². The quantitative estimate of drug-likeness (QED) is 0.436. The second kappa shape index (κ2) is 7.25. The van der Waals surface area contributed by atoms with E-state index in [-0.39, 0.29) is 41.1 Å². The molecular weight excluding hydrogens is 451 g/mol. The summed E-state index contributed by atoms with van der Waals surface area (Å²) in [5.41, 5.74) is -0.604. The Morgan fingerprint density at radius 1 is 1.23 bits per heavy atom. The third-order valence-electron chi connectivity index (χ3n) is 2.78. The van der Waals surface area contributed by atoms with Crippen LogP contribution < -0.4 is 35.1 Å². The molecule has 0 fully saturated rings. The molecule has 10 heteroatoms. The van der Waals surface area contributed by atoms with E-state index < -0.39 is 20.6 Å². The Morgan fingerprint density at radius 3 is 2.32 bits per heavy atom. The van der Waals surface area contributed by atoms with Crippen molar-refractivity contribution in [1.29, 1.82) is 0 Å². The fourth-order valence-corrected chi connectivity index (χ4v) is 3.92. The summed E-state index contributed by atoms with van der Waals surface area (Å²) < 4.78 is 36.3.